The Bertz CT molecular complexity index is 1410. The first-order chi connectivity index (χ1) is 16.5. The van der Waals surface area contributed by atoms with Crippen LogP contribution >= 0.6 is 0 Å². The number of nitrogens with one attached hydrogen (secondary N) is 2. The SMILES string of the molecule is COc1ccc(F)cc1-c1ccnc2[nH]c(C3=CCN(S(=O)(=O)NC(=O)OC(C)(C)C)CC3)cc12. The number of rotatable bonds is 5. The lowest BCUT2D eigenvalue weighted by Gasteiger charge is -2.26. The van der Waals surface area contributed by atoms with Crippen molar-refractivity contribution in [2.75, 3.05) is 20.2 Å². The number of aromatic nitrogens is 2. The van der Waals surface area contributed by atoms with Crippen molar-refractivity contribution in [3.05, 3.63) is 54.1 Å². The van der Waals surface area contributed by atoms with Gasteiger partial charge in [-0.2, -0.15) is 12.7 Å². The third kappa shape index (κ3) is 5.46. The van der Waals surface area contributed by atoms with Crippen LogP contribution in [0.3, 0.4) is 0 Å². The minimum Gasteiger partial charge on any atom is -0.496 e. The monoisotopic (exact) mass is 502 g/mol. The van der Waals surface area contributed by atoms with Gasteiger partial charge in [0.25, 0.3) is 0 Å². The summed E-state index contributed by atoms with van der Waals surface area (Å²) in [5.74, 6) is 0.162. The maximum Gasteiger partial charge on any atom is 0.422 e. The van der Waals surface area contributed by atoms with Crippen LogP contribution in [-0.4, -0.2) is 54.6 Å². The zero-order valence-corrected chi connectivity index (χ0v) is 20.7. The van der Waals surface area contributed by atoms with Crippen LogP contribution in [0.25, 0.3) is 27.7 Å². The van der Waals surface area contributed by atoms with Gasteiger partial charge in [0.15, 0.2) is 0 Å². The van der Waals surface area contributed by atoms with E-state index in [1.807, 2.05) is 10.8 Å². The van der Waals surface area contributed by atoms with E-state index in [9.17, 15) is 17.6 Å². The Hall–Kier alpha value is -3.44. The summed E-state index contributed by atoms with van der Waals surface area (Å²) in [5, 5.41) is 0.786. The molecule has 0 aliphatic carbocycles. The first-order valence-corrected chi connectivity index (χ1v) is 12.4. The number of amides is 1. The first kappa shape index (κ1) is 24.7. The van der Waals surface area contributed by atoms with Gasteiger partial charge in [-0.1, -0.05) is 6.08 Å². The van der Waals surface area contributed by atoms with E-state index >= 15 is 0 Å². The molecule has 1 aliphatic heterocycles. The molecule has 4 rings (SSSR count). The number of aromatic amines is 1. The van der Waals surface area contributed by atoms with Crippen molar-refractivity contribution < 1.29 is 27.1 Å². The van der Waals surface area contributed by atoms with Crippen molar-refractivity contribution in [1.82, 2.24) is 19.0 Å². The fraction of sp³-hybridized carbons (Fsp3) is 0.333. The third-order valence-electron chi connectivity index (χ3n) is 5.45. The third-order valence-corrected chi connectivity index (χ3v) is 6.89. The Kier molecular flexibility index (Phi) is 6.56. The Morgan fingerprint density at radius 3 is 2.63 bits per heavy atom. The lowest BCUT2D eigenvalue weighted by molar-refractivity contribution is 0.0567. The Morgan fingerprint density at radius 2 is 1.97 bits per heavy atom. The van der Waals surface area contributed by atoms with Crippen LogP contribution in [0.1, 0.15) is 32.9 Å². The van der Waals surface area contributed by atoms with Crippen LogP contribution in [0.5, 0.6) is 5.75 Å². The first-order valence-electron chi connectivity index (χ1n) is 11.0. The number of hydrogen-bond acceptors (Lipinski definition) is 6. The van der Waals surface area contributed by atoms with Gasteiger partial charge in [-0.3, -0.25) is 0 Å². The number of halogens is 1. The highest BCUT2D eigenvalue weighted by Crippen LogP contribution is 2.36. The summed E-state index contributed by atoms with van der Waals surface area (Å²) >= 11 is 0. The molecule has 1 amide bonds. The van der Waals surface area contributed by atoms with Gasteiger partial charge in [0.05, 0.1) is 7.11 Å². The molecule has 0 radical (unpaired) electrons. The summed E-state index contributed by atoms with van der Waals surface area (Å²) in [4.78, 5) is 19.6. The van der Waals surface area contributed by atoms with Crippen LogP contribution in [0.4, 0.5) is 9.18 Å². The van der Waals surface area contributed by atoms with Gasteiger partial charge in [-0.25, -0.2) is 18.9 Å². The Labute approximate surface area is 203 Å². The minimum absolute atomic E-state index is 0.0842. The molecule has 0 atom stereocenters. The van der Waals surface area contributed by atoms with Gasteiger partial charge >= 0.3 is 16.3 Å². The van der Waals surface area contributed by atoms with E-state index in [2.05, 4.69) is 9.97 Å². The number of hydrogen-bond donors (Lipinski definition) is 2. The van der Waals surface area contributed by atoms with Crippen molar-refractivity contribution in [2.24, 2.45) is 0 Å². The molecule has 35 heavy (non-hydrogen) atoms. The number of H-pyrrole nitrogens is 1. The van der Waals surface area contributed by atoms with E-state index in [1.54, 1.807) is 45.2 Å². The number of carbonyl (C=O) groups excluding carboxylic acids is 1. The number of fused-ring (bicyclic) bond motifs is 1. The molecule has 11 heteroatoms. The van der Waals surface area contributed by atoms with Gasteiger partial charge in [0, 0.05) is 35.9 Å². The summed E-state index contributed by atoms with van der Waals surface area (Å²) < 4.78 is 52.7. The van der Waals surface area contributed by atoms with Crippen LogP contribution in [-0.2, 0) is 14.9 Å². The van der Waals surface area contributed by atoms with Gasteiger partial charge in [-0.15, -0.1) is 0 Å². The molecule has 3 heterocycles. The average Bonchev–Trinajstić information content (AvgIpc) is 3.22. The molecular formula is C24H27FN4O5S. The molecule has 0 bridgehead atoms. The van der Waals surface area contributed by atoms with Gasteiger partial charge in [0.1, 0.15) is 22.8 Å². The van der Waals surface area contributed by atoms with Crippen LogP contribution < -0.4 is 9.46 Å². The lowest BCUT2D eigenvalue weighted by atomic mass is 10.0. The molecule has 0 fully saturated rings. The zero-order chi connectivity index (χ0) is 25.4. The molecule has 9 nitrogen and oxygen atoms in total. The van der Waals surface area contributed by atoms with E-state index in [-0.39, 0.29) is 18.9 Å². The number of pyridine rings is 1. The van der Waals surface area contributed by atoms with E-state index < -0.39 is 21.9 Å². The summed E-state index contributed by atoms with van der Waals surface area (Å²) in [6.45, 7) is 5.22. The van der Waals surface area contributed by atoms with E-state index in [0.29, 0.717) is 23.4 Å². The molecule has 0 unspecified atom stereocenters. The Morgan fingerprint density at radius 1 is 1.20 bits per heavy atom. The molecule has 0 spiro atoms. The molecule has 2 aromatic heterocycles. The maximum absolute atomic E-state index is 14.0. The molecule has 1 aliphatic rings. The topological polar surface area (TPSA) is 114 Å². The van der Waals surface area contributed by atoms with Gasteiger partial charge in [-0.05, 0) is 68.7 Å². The summed E-state index contributed by atoms with van der Waals surface area (Å²) in [6.07, 6.45) is 2.81. The van der Waals surface area contributed by atoms with Crippen molar-refractivity contribution in [2.45, 2.75) is 32.8 Å². The fourth-order valence-corrected chi connectivity index (χ4v) is 4.89. The van der Waals surface area contributed by atoms with Crippen LogP contribution in [0.15, 0.2) is 42.6 Å². The van der Waals surface area contributed by atoms with E-state index in [4.69, 9.17) is 9.47 Å². The molecule has 2 N–H and O–H groups in total. The largest absolute Gasteiger partial charge is 0.496 e. The van der Waals surface area contributed by atoms with Crippen LogP contribution in [0.2, 0.25) is 0 Å². The molecule has 1 aromatic carbocycles. The molecule has 0 saturated heterocycles. The molecular weight excluding hydrogens is 475 g/mol. The van der Waals surface area contributed by atoms with E-state index in [1.165, 1.54) is 23.5 Å². The smallest absolute Gasteiger partial charge is 0.422 e. The van der Waals surface area contributed by atoms with Crippen LogP contribution in [0, 0.1) is 5.82 Å². The van der Waals surface area contributed by atoms with Crippen molar-refractivity contribution >= 4 is 32.9 Å². The average molecular weight is 503 g/mol. The molecule has 186 valence electrons. The lowest BCUT2D eigenvalue weighted by Crippen LogP contribution is -2.46. The predicted octanol–water partition coefficient (Wildman–Crippen LogP) is 4.24. The fourth-order valence-electron chi connectivity index (χ4n) is 3.91. The minimum atomic E-state index is -4.05. The maximum atomic E-state index is 14.0. The second kappa shape index (κ2) is 9.31. The number of nitrogens with zero attached hydrogens (tertiary/aromatic N) is 2. The van der Waals surface area contributed by atoms with Crippen molar-refractivity contribution in [3.63, 3.8) is 0 Å². The second-order valence-electron chi connectivity index (χ2n) is 9.09. The highest BCUT2D eigenvalue weighted by atomic mass is 32.2. The zero-order valence-electron chi connectivity index (χ0n) is 19.9. The summed E-state index contributed by atoms with van der Waals surface area (Å²) in [6, 6.07) is 8.04. The molecule has 0 saturated carbocycles. The Balaban J connectivity index is 1.58. The van der Waals surface area contributed by atoms with Gasteiger partial charge < -0.3 is 14.5 Å². The number of carbonyl (C=O) groups is 1. The molecule has 3 aromatic rings. The van der Waals surface area contributed by atoms with E-state index in [0.717, 1.165) is 22.2 Å². The van der Waals surface area contributed by atoms with Crippen molar-refractivity contribution in [3.8, 4) is 16.9 Å². The van der Waals surface area contributed by atoms with Gasteiger partial charge in [0.2, 0.25) is 0 Å². The highest BCUT2D eigenvalue weighted by molar-refractivity contribution is 7.87. The summed E-state index contributed by atoms with van der Waals surface area (Å²) in [5.41, 5.74) is 2.86. The normalized spacial score (nSPS) is 15.1. The quantitative estimate of drug-likeness (QED) is 0.540. The van der Waals surface area contributed by atoms with Crippen molar-refractivity contribution in [1.29, 1.82) is 0 Å². The number of benzene rings is 1. The highest BCUT2D eigenvalue weighted by Gasteiger charge is 2.29. The summed E-state index contributed by atoms with van der Waals surface area (Å²) in [7, 11) is -2.52. The number of methoxy groups -OCH3 is 1. The number of ether oxygens (including phenoxy) is 2. The predicted molar refractivity (Wildman–Crippen MR) is 130 cm³/mol. The standard InChI is InChI=1S/C24H27FN4O5S/c1-24(2,3)34-23(30)28-35(31,32)29-11-8-15(9-12-29)20-14-19-17(7-10-26-22(19)27-20)18-13-16(25)5-6-21(18)33-4/h5-8,10,13-14H,9,11-12H2,1-4H3,(H,26,27)(H,28,30). The second-order valence-corrected chi connectivity index (χ2v) is 10.8.